The molecule has 1 saturated heterocycles. The lowest BCUT2D eigenvalue weighted by atomic mass is 9.97. The van der Waals surface area contributed by atoms with Crippen LogP contribution in [0.3, 0.4) is 0 Å². The number of para-hydroxylation sites is 2. The number of nitrogens with one attached hydrogen (secondary N) is 2. The van der Waals surface area contributed by atoms with Crippen LogP contribution in [0.4, 0.5) is 17.4 Å². The number of carbonyl (C=O) groups is 3. The molecule has 3 aliphatic rings. The highest BCUT2D eigenvalue weighted by Crippen LogP contribution is 2.38. The van der Waals surface area contributed by atoms with Gasteiger partial charge in [-0.25, -0.2) is 0 Å². The molecule has 6 rings (SSSR count). The maximum Gasteiger partial charge on any atom is 0.313 e. The van der Waals surface area contributed by atoms with E-state index in [-0.39, 0.29) is 5.91 Å². The van der Waals surface area contributed by atoms with Crippen LogP contribution in [0.15, 0.2) is 40.8 Å². The van der Waals surface area contributed by atoms with Gasteiger partial charge in [-0.15, -0.1) is 0 Å². The van der Waals surface area contributed by atoms with Crippen LogP contribution in [0.25, 0.3) is 11.1 Å². The van der Waals surface area contributed by atoms with E-state index in [1.807, 2.05) is 41.3 Å². The molecule has 0 unspecified atom stereocenters. The Balaban J connectivity index is 1.01. The van der Waals surface area contributed by atoms with E-state index >= 15 is 0 Å². The maximum atomic E-state index is 12.5. The number of rotatable bonds is 4. The number of amides is 3. The number of fused-ring (bicyclic) bond motifs is 1. The monoisotopic (exact) mass is 473 g/mol. The third kappa shape index (κ3) is 4.11. The Hall–Kier alpha value is -3.88. The first kappa shape index (κ1) is 21.6. The summed E-state index contributed by atoms with van der Waals surface area (Å²) in [4.78, 5) is 45.6. The number of hydrogen-bond acceptors (Lipinski definition) is 6. The minimum Gasteiger partial charge on any atom is -0.423 e. The van der Waals surface area contributed by atoms with Crippen molar-refractivity contribution in [1.82, 2.24) is 10.3 Å². The molecule has 3 aliphatic heterocycles. The van der Waals surface area contributed by atoms with Crippen LogP contribution in [0.5, 0.6) is 0 Å². The van der Waals surface area contributed by atoms with Crippen molar-refractivity contribution >= 4 is 46.2 Å². The van der Waals surface area contributed by atoms with Gasteiger partial charge in [-0.05, 0) is 67.0 Å². The average molecular weight is 474 g/mol. The van der Waals surface area contributed by atoms with Crippen LogP contribution in [-0.2, 0) is 27.2 Å². The van der Waals surface area contributed by atoms with Crippen molar-refractivity contribution < 1.29 is 18.8 Å². The largest absolute Gasteiger partial charge is 0.423 e. The van der Waals surface area contributed by atoms with Gasteiger partial charge in [0.05, 0.1) is 5.69 Å². The summed E-state index contributed by atoms with van der Waals surface area (Å²) in [5.41, 5.74) is 5.34. The summed E-state index contributed by atoms with van der Waals surface area (Å²) in [5.74, 6) is -0.840. The van der Waals surface area contributed by atoms with Gasteiger partial charge in [-0.1, -0.05) is 12.1 Å². The first-order valence-corrected chi connectivity index (χ1v) is 12.2. The standard InChI is InChI=1S/C26H27N5O4/c32-22-6-5-17-13-19(14-18-9-12-31(22)23(17)18)28-25(34)24(33)27-15-16-7-10-30(11-8-16)26-29-20-3-1-2-4-21(20)35-26/h1-4,13-14,16H,5-12,15H2,(H,27,33)(H,28,34). The van der Waals surface area contributed by atoms with Crippen molar-refractivity contribution in [3.8, 4) is 0 Å². The lowest BCUT2D eigenvalue weighted by Crippen LogP contribution is -2.42. The molecule has 0 bridgehead atoms. The second kappa shape index (κ2) is 8.72. The first-order valence-electron chi connectivity index (χ1n) is 12.2. The topological polar surface area (TPSA) is 108 Å². The van der Waals surface area contributed by atoms with E-state index in [4.69, 9.17) is 4.42 Å². The summed E-state index contributed by atoms with van der Waals surface area (Å²) in [6, 6.07) is 12.1. The summed E-state index contributed by atoms with van der Waals surface area (Å²) in [7, 11) is 0. The zero-order chi connectivity index (χ0) is 23.9. The van der Waals surface area contributed by atoms with Gasteiger partial charge in [-0.2, -0.15) is 4.98 Å². The molecule has 35 heavy (non-hydrogen) atoms. The molecule has 1 aromatic heterocycles. The van der Waals surface area contributed by atoms with Crippen LogP contribution in [0, 0.1) is 5.92 Å². The van der Waals surface area contributed by atoms with Gasteiger partial charge < -0.3 is 24.9 Å². The molecule has 0 spiro atoms. The fraction of sp³-hybridized carbons (Fsp3) is 0.385. The van der Waals surface area contributed by atoms with Crippen molar-refractivity contribution in [2.45, 2.75) is 32.1 Å². The predicted molar refractivity (Wildman–Crippen MR) is 131 cm³/mol. The summed E-state index contributed by atoms with van der Waals surface area (Å²) in [5, 5.41) is 5.53. The molecule has 0 aliphatic carbocycles. The molecule has 9 heteroatoms. The van der Waals surface area contributed by atoms with Gasteiger partial charge >= 0.3 is 11.8 Å². The summed E-state index contributed by atoms with van der Waals surface area (Å²) in [6.45, 7) is 2.72. The van der Waals surface area contributed by atoms with E-state index in [1.165, 1.54) is 0 Å². The SMILES string of the molecule is O=C(NCC1CCN(c2nc3ccccc3o2)CC1)C(=O)Nc1cc2c3c(c1)CCN3C(=O)CC2. The fourth-order valence-corrected chi connectivity index (χ4v) is 5.36. The molecule has 2 N–H and O–H groups in total. The quantitative estimate of drug-likeness (QED) is 0.564. The maximum absolute atomic E-state index is 12.5. The van der Waals surface area contributed by atoms with Gasteiger partial charge in [-0.3, -0.25) is 14.4 Å². The minimum absolute atomic E-state index is 0.159. The highest BCUT2D eigenvalue weighted by Gasteiger charge is 2.32. The lowest BCUT2D eigenvalue weighted by molar-refractivity contribution is -0.136. The van der Waals surface area contributed by atoms with Crippen molar-refractivity contribution in [1.29, 1.82) is 0 Å². The third-order valence-electron chi connectivity index (χ3n) is 7.23. The highest BCUT2D eigenvalue weighted by molar-refractivity contribution is 6.39. The Labute approximate surface area is 202 Å². The van der Waals surface area contributed by atoms with Crippen LogP contribution >= 0.6 is 0 Å². The Kier molecular flexibility index (Phi) is 5.39. The number of benzene rings is 2. The smallest absolute Gasteiger partial charge is 0.313 e. The van der Waals surface area contributed by atoms with Gasteiger partial charge in [0.2, 0.25) is 5.91 Å². The molecule has 2 aromatic carbocycles. The Morgan fingerprint density at radius 1 is 1.00 bits per heavy atom. The summed E-state index contributed by atoms with van der Waals surface area (Å²) >= 11 is 0. The predicted octanol–water partition coefficient (Wildman–Crippen LogP) is 2.63. The fourth-order valence-electron chi connectivity index (χ4n) is 5.36. The Bertz CT molecular complexity index is 1290. The zero-order valence-corrected chi connectivity index (χ0v) is 19.4. The van der Waals surface area contributed by atoms with Crippen LogP contribution in [-0.4, -0.2) is 48.9 Å². The van der Waals surface area contributed by atoms with E-state index in [0.717, 1.165) is 60.3 Å². The highest BCUT2D eigenvalue weighted by atomic mass is 16.4. The molecular formula is C26H27N5O4. The Morgan fingerprint density at radius 3 is 2.57 bits per heavy atom. The number of aromatic nitrogens is 1. The minimum atomic E-state index is -0.664. The van der Waals surface area contributed by atoms with Crippen molar-refractivity contribution in [3.05, 3.63) is 47.5 Å². The molecule has 0 atom stereocenters. The first-order chi connectivity index (χ1) is 17.0. The zero-order valence-electron chi connectivity index (χ0n) is 19.4. The van der Waals surface area contributed by atoms with Gasteiger partial charge in [0.1, 0.15) is 5.52 Å². The van der Waals surface area contributed by atoms with Gasteiger partial charge in [0.25, 0.3) is 6.01 Å². The Morgan fingerprint density at radius 2 is 1.77 bits per heavy atom. The average Bonchev–Trinajstić information content (AvgIpc) is 3.50. The van der Waals surface area contributed by atoms with Crippen LogP contribution in [0.1, 0.15) is 30.4 Å². The van der Waals surface area contributed by atoms with E-state index in [1.54, 1.807) is 0 Å². The molecule has 4 heterocycles. The number of carbonyl (C=O) groups excluding carboxylic acids is 3. The van der Waals surface area contributed by atoms with E-state index in [0.29, 0.717) is 43.6 Å². The lowest BCUT2D eigenvalue weighted by Gasteiger charge is -2.30. The second-order valence-corrected chi connectivity index (χ2v) is 9.50. The number of nitrogens with zero attached hydrogens (tertiary/aromatic N) is 3. The molecule has 1 fully saturated rings. The molecule has 180 valence electrons. The van der Waals surface area contributed by atoms with E-state index in [9.17, 15) is 14.4 Å². The van der Waals surface area contributed by atoms with Crippen molar-refractivity contribution in [2.24, 2.45) is 5.92 Å². The van der Waals surface area contributed by atoms with E-state index < -0.39 is 11.8 Å². The number of oxazole rings is 1. The van der Waals surface area contributed by atoms with Gasteiger partial charge in [0.15, 0.2) is 5.58 Å². The molecule has 0 radical (unpaired) electrons. The third-order valence-corrected chi connectivity index (χ3v) is 7.23. The van der Waals surface area contributed by atoms with E-state index in [2.05, 4.69) is 20.5 Å². The number of anilines is 3. The van der Waals surface area contributed by atoms with Crippen LogP contribution in [0.2, 0.25) is 0 Å². The second-order valence-electron chi connectivity index (χ2n) is 9.50. The summed E-state index contributed by atoms with van der Waals surface area (Å²) < 4.78 is 5.86. The van der Waals surface area contributed by atoms with Gasteiger partial charge in [0, 0.05) is 38.3 Å². The number of hydrogen-bond donors (Lipinski definition) is 2. The molecule has 3 amide bonds. The molecular weight excluding hydrogens is 446 g/mol. The molecule has 3 aromatic rings. The normalized spacial score (nSPS) is 17.5. The number of aryl methyl sites for hydroxylation is 1. The molecule has 0 saturated carbocycles. The van der Waals surface area contributed by atoms with Crippen molar-refractivity contribution in [3.63, 3.8) is 0 Å². The number of piperidine rings is 1. The van der Waals surface area contributed by atoms with Crippen LogP contribution < -0.4 is 20.4 Å². The summed E-state index contributed by atoms with van der Waals surface area (Å²) in [6.07, 6.45) is 3.67. The molecule has 9 nitrogen and oxygen atoms in total. The van der Waals surface area contributed by atoms with Crippen molar-refractivity contribution in [2.75, 3.05) is 41.3 Å².